The molecule has 1 aromatic rings. The first-order chi connectivity index (χ1) is 11.7. The van der Waals surface area contributed by atoms with Gasteiger partial charge >= 0.3 is 0 Å². The third-order valence-corrected chi connectivity index (χ3v) is 3.15. The molecule has 1 aromatic carbocycles. The number of nitrogens with zero attached hydrogens (tertiary/aromatic N) is 1. The molecule has 0 spiro atoms. The molecule has 0 aliphatic rings. The van der Waals surface area contributed by atoms with Crippen molar-refractivity contribution in [3.63, 3.8) is 0 Å². The number of guanidine groups is 1. The van der Waals surface area contributed by atoms with Crippen LogP contribution in [0.25, 0.3) is 0 Å². The molecule has 6 nitrogen and oxygen atoms in total. The van der Waals surface area contributed by atoms with Gasteiger partial charge in [0.1, 0.15) is 5.75 Å². The summed E-state index contributed by atoms with van der Waals surface area (Å²) < 4.78 is 5.85. The number of ether oxygens (including phenoxy) is 1. The van der Waals surface area contributed by atoms with E-state index in [1.54, 1.807) is 7.05 Å². The van der Waals surface area contributed by atoms with Crippen molar-refractivity contribution in [3.8, 4) is 5.75 Å². The Hall–Kier alpha value is -2.24. The number of benzene rings is 1. The van der Waals surface area contributed by atoms with Gasteiger partial charge in [-0.25, -0.2) is 0 Å². The zero-order valence-corrected chi connectivity index (χ0v) is 16.3. The Morgan fingerprint density at radius 2 is 1.88 bits per heavy atom. The van der Waals surface area contributed by atoms with Crippen molar-refractivity contribution in [2.75, 3.05) is 20.2 Å². The first-order valence-corrected chi connectivity index (χ1v) is 8.67. The summed E-state index contributed by atoms with van der Waals surface area (Å²) >= 11 is 0. The van der Waals surface area contributed by atoms with Crippen molar-refractivity contribution >= 4 is 11.9 Å². The van der Waals surface area contributed by atoms with Crippen LogP contribution in [0.3, 0.4) is 0 Å². The highest BCUT2D eigenvalue weighted by molar-refractivity contribution is 5.86. The van der Waals surface area contributed by atoms with Gasteiger partial charge in [-0.3, -0.25) is 9.79 Å². The number of hydrogen-bond donors (Lipinski definition) is 3. The Morgan fingerprint density at radius 1 is 1.20 bits per heavy atom. The fraction of sp³-hybridized carbons (Fsp3) is 0.579. The molecule has 0 saturated carbocycles. The average Bonchev–Trinajstić information content (AvgIpc) is 2.52. The number of hydrogen-bond acceptors (Lipinski definition) is 3. The van der Waals surface area contributed by atoms with Crippen molar-refractivity contribution in [2.45, 2.75) is 46.7 Å². The van der Waals surface area contributed by atoms with Crippen LogP contribution in [-0.4, -0.2) is 37.6 Å². The second kappa shape index (κ2) is 9.91. The summed E-state index contributed by atoms with van der Waals surface area (Å²) in [7, 11) is 1.68. The van der Waals surface area contributed by atoms with Gasteiger partial charge in [-0.05, 0) is 32.8 Å². The molecule has 0 bridgehead atoms. The first kappa shape index (κ1) is 20.8. The van der Waals surface area contributed by atoms with E-state index in [4.69, 9.17) is 4.74 Å². The highest BCUT2D eigenvalue weighted by Gasteiger charge is 2.13. The maximum absolute atomic E-state index is 11.9. The van der Waals surface area contributed by atoms with E-state index in [9.17, 15) is 4.79 Å². The Bertz CT molecular complexity index is 577. The molecule has 0 aliphatic carbocycles. The minimum Gasteiger partial charge on any atom is -0.493 e. The maximum atomic E-state index is 11.9. The Balaban J connectivity index is 2.54. The van der Waals surface area contributed by atoms with Crippen molar-refractivity contribution < 1.29 is 9.53 Å². The van der Waals surface area contributed by atoms with Gasteiger partial charge in [0.25, 0.3) is 0 Å². The van der Waals surface area contributed by atoms with Gasteiger partial charge in [0.05, 0.1) is 13.2 Å². The number of aliphatic imine (C=N–C) groups is 1. The molecular weight excluding hydrogens is 316 g/mol. The molecule has 0 unspecified atom stereocenters. The fourth-order valence-electron chi connectivity index (χ4n) is 2.07. The summed E-state index contributed by atoms with van der Waals surface area (Å²) in [6.07, 6.45) is 0. The van der Waals surface area contributed by atoms with E-state index in [-0.39, 0.29) is 18.0 Å². The number of rotatable bonds is 7. The molecule has 1 amide bonds. The van der Waals surface area contributed by atoms with Crippen molar-refractivity contribution in [1.82, 2.24) is 16.0 Å². The first-order valence-electron chi connectivity index (χ1n) is 8.67. The van der Waals surface area contributed by atoms with Crippen LogP contribution in [0, 0.1) is 5.92 Å². The lowest BCUT2D eigenvalue weighted by atomic mass is 10.1. The zero-order chi connectivity index (χ0) is 18.9. The molecule has 0 fully saturated rings. The van der Waals surface area contributed by atoms with Gasteiger partial charge in [-0.1, -0.05) is 32.0 Å². The van der Waals surface area contributed by atoms with Crippen LogP contribution in [0.2, 0.25) is 0 Å². The van der Waals surface area contributed by atoms with Crippen LogP contribution in [0.15, 0.2) is 29.3 Å². The van der Waals surface area contributed by atoms with Crippen molar-refractivity contribution in [1.29, 1.82) is 0 Å². The molecule has 0 aliphatic heterocycles. The molecule has 6 heteroatoms. The molecule has 0 atom stereocenters. The molecular formula is C19H32N4O2. The van der Waals surface area contributed by atoms with Gasteiger partial charge in [0.2, 0.25) is 5.91 Å². The number of para-hydroxylation sites is 1. The van der Waals surface area contributed by atoms with Crippen LogP contribution >= 0.6 is 0 Å². The number of nitrogens with one attached hydrogen (secondary N) is 3. The monoisotopic (exact) mass is 348 g/mol. The molecule has 25 heavy (non-hydrogen) atoms. The lowest BCUT2D eigenvalue weighted by Gasteiger charge is -2.21. The summed E-state index contributed by atoms with van der Waals surface area (Å²) in [5.74, 6) is 1.83. The summed E-state index contributed by atoms with van der Waals surface area (Å²) in [6, 6.07) is 7.92. The smallest absolute Gasteiger partial charge is 0.239 e. The molecule has 1 rings (SSSR count). The number of amides is 1. The fourth-order valence-corrected chi connectivity index (χ4v) is 2.07. The van der Waals surface area contributed by atoms with Crippen LogP contribution < -0.4 is 20.7 Å². The summed E-state index contributed by atoms with van der Waals surface area (Å²) in [6.45, 7) is 11.5. The van der Waals surface area contributed by atoms with Crippen molar-refractivity contribution in [3.05, 3.63) is 29.8 Å². The predicted molar refractivity (Wildman–Crippen MR) is 103 cm³/mol. The van der Waals surface area contributed by atoms with E-state index in [1.165, 1.54) is 0 Å². The average molecular weight is 348 g/mol. The van der Waals surface area contributed by atoms with E-state index in [0.29, 0.717) is 25.0 Å². The largest absolute Gasteiger partial charge is 0.493 e. The molecule has 0 heterocycles. The Kier molecular flexibility index (Phi) is 8.25. The summed E-state index contributed by atoms with van der Waals surface area (Å²) in [5.41, 5.74) is 0.799. The van der Waals surface area contributed by atoms with Gasteiger partial charge < -0.3 is 20.7 Å². The van der Waals surface area contributed by atoms with Gasteiger partial charge in [0.15, 0.2) is 5.96 Å². The van der Waals surface area contributed by atoms with E-state index in [0.717, 1.165) is 11.3 Å². The minimum atomic E-state index is -0.248. The maximum Gasteiger partial charge on any atom is 0.239 e. The Morgan fingerprint density at radius 3 is 2.48 bits per heavy atom. The van der Waals surface area contributed by atoms with Crippen molar-refractivity contribution in [2.24, 2.45) is 10.9 Å². The number of carbonyl (C=O) groups excluding carboxylic acids is 1. The number of carbonyl (C=O) groups is 1. The van der Waals surface area contributed by atoms with Gasteiger partial charge in [-0.15, -0.1) is 0 Å². The third-order valence-electron chi connectivity index (χ3n) is 3.15. The van der Waals surface area contributed by atoms with Gasteiger partial charge in [0, 0.05) is 24.7 Å². The second-order valence-corrected chi connectivity index (χ2v) is 7.39. The molecule has 140 valence electrons. The van der Waals surface area contributed by atoms with Crippen LogP contribution in [0.5, 0.6) is 5.75 Å². The van der Waals surface area contributed by atoms with E-state index in [1.807, 2.05) is 45.0 Å². The zero-order valence-electron chi connectivity index (χ0n) is 16.3. The van der Waals surface area contributed by atoms with E-state index >= 15 is 0 Å². The standard InChI is InChI=1S/C19H32N4O2/c1-14(2)13-25-16-10-8-7-9-15(16)11-21-18(20-6)22-12-17(24)23-19(3,4)5/h7-10,14H,11-13H2,1-6H3,(H,23,24)(H2,20,21,22). The molecule has 0 radical (unpaired) electrons. The summed E-state index contributed by atoms with van der Waals surface area (Å²) in [5, 5.41) is 9.13. The van der Waals surface area contributed by atoms with E-state index < -0.39 is 0 Å². The molecule has 0 aromatic heterocycles. The SMILES string of the molecule is CN=C(NCC(=O)NC(C)(C)C)NCc1ccccc1OCC(C)C. The van der Waals surface area contributed by atoms with E-state index in [2.05, 4.69) is 34.8 Å². The highest BCUT2D eigenvalue weighted by atomic mass is 16.5. The topological polar surface area (TPSA) is 74.8 Å². The molecule has 0 saturated heterocycles. The third kappa shape index (κ3) is 8.98. The molecule has 3 N–H and O–H groups in total. The second-order valence-electron chi connectivity index (χ2n) is 7.39. The van der Waals surface area contributed by atoms with Crippen LogP contribution in [0.4, 0.5) is 0 Å². The normalized spacial score (nSPS) is 12.0. The Labute approximate surface area is 151 Å². The lowest BCUT2D eigenvalue weighted by Crippen LogP contribution is -2.48. The lowest BCUT2D eigenvalue weighted by molar-refractivity contribution is -0.121. The highest BCUT2D eigenvalue weighted by Crippen LogP contribution is 2.18. The van der Waals surface area contributed by atoms with Gasteiger partial charge in [-0.2, -0.15) is 0 Å². The van der Waals surface area contributed by atoms with Crippen LogP contribution in [-0.2, 0) is 11.3 Å². The van der Waals surface area contributed by atoms with Crippen LogP contribution in [0.1, 0.15) is 40.2 Å². The summed E-state index contributed by atoms with van der Waals surface area (Å²) in [4.78, 5) is 16.0. The quantitative estimate of drug-likeness (QED) is 0.522. The predicted octanol–water partition coefficient (Wildman–Crippen LogP) is 2.30. The minimum absolute atomic E-state index is 0.0730.